The maximum Gasteiger partial charge on any atom is 0.153 e. The van der Waals surface area contributed by atoms with Crippen LogP contribution in [0, 0.1) is 0 Å². The summed E-state index contributed by atoms with van der Waals surface area (Å²) in [5.41, 5.74) is 10.6. The molecule has 2 aromatic carbocycles. The number of hydrogen-bond acceptors (Lipinski definition) is 5. The van der Waals surface area contributed by atoms with Gasteiger partial charge in [0.25, 0.3) is 0 Å². The highest BCUT2D eigenvalue weighted by molar-refractivity contribution is 5.92. The van der Waals surface area contributed by atoms with Gasteiger partial charge in [-0.3, -0.25) is 5.10 Å². The number of aromatic nitrogens is 3. The van der Waals surface area contributed by atoms with Gasteiger partial charge in [-0.15, -0.1) is 0 Å². The van der Waals surface area contributed by atoms with Crippen molar-refractivity contribution in [2.75, 3.05) is 11.1 Å². The number of aromatic amines is 1. The van der Waals surface area contributed by atoms with Crippen LogP contribution in [0.4, 0.5) is 17.3 Å². The van der Waals surface area contributed by atoms with Gasteiger partial charge in [0.15, 0.2) is 5.82 Å². The van der Waals surface area contributed by atoms with Crippen LogP contribution in [0.2, 0.25) is 0 Å². The average Bonchev–Trinajstić information content (AvgIpc) is 3.02. The molecule has 0 unspecified atom stereocenters. The predicted octanol–water partition coefficient (Wildman–Crippen LogP) is 3.44. The molecule has 0 saturated carbocycles. The molecule has 0 fully saturated rings. The van der Waals surface area contributed by atoms with Gasteiger partial charge in [0, 0.05) is 17.3 Å². The first-order valence-corrected chi connectivity index (χ1v) is 7.90. The molecule has 6 heteroatoms. The molecule has 6 nitrogen and oxygen atoms in total. The van der Waals surface area contributed by atoms with Crippen molar-refractivity contribution < 1.29 is 5.11 Å². The number of rotatable bonds is 4. The highest BCUT2D eigenvalue weighted by Crippen LogP contribution is 2.28. The van der Waals surface area contributed by atoms with Gasteiger partial charge >= 0.3 is 0 Å². The van der Waals surface area contributed by atoms with Crippen LogP contribution in [-0.2, 0) is 6.61 Å². The Morgan fingerprint density at radius 1 is 1.04 bits per heavy atom. The number of fused-ring (bicyclic) bond motifs is 1. The van der Waals surface area contributed by atoms with Crippen LogP contribution in [-0.4, -0.2) is 20.3 Å². The minimum absolute atomic E-state index is 0.00905. The van der Waals surface area contributed by atoms with Crippen molar-refractivity contribution in [3.8, 4) is 11.1 Å². The number of anilines is 3. The monoisotopic (exact) mass is 331 g/mol. The van der Waals surface area contributed by atoms with E-state index in [9.17, 15) is 5.11 Å². The van der Waals surface area contributed by atoms with E-state index in [1.165, 1.54) is 0 Å². The molecule has 25 heavy (non-hydrogen) atoms. The molecule has 4 rings (SSSR count). The summed E-state index contributed by atoms with van der Waals surface area (Å²) >= 11 is 0. The quantitative estimate of drug-likeness (QED) is 0.459. The van der Waals surface area contributed by atoms with Crippen LogP contribution in [0.1, 0.15) is 5.56 Å². The number of hydrogen-bond donors (Lipinski definition) is 4. The van der Waals surface area contributed by atoms with Gasteiger partial charge < -0.3 is 16.2 Å². The molecule has 0 amide bonds. The number of nitrogens with two attached hydrogens (primary N) is 1. The molecule has 5 N–H and O–H groups in total. The molecule has 2 aromatic heterocycles. The Morgan fingerprint density at radius 2 is 1.92 bits per heavy atom. The molecule has 0 atom stereocenters. The summed E-state index contributed by atoms with van der Waals surface area (Å²) in [5.74, 6) is 1.22. The predicted molar refractivity (Wildman–Crippen MR) is 99.4 cm³/mol. The molecule has 124 valence electrons. The third-order valence-electron chi connectivity index (χ3n) is 4.07. The molecular weight excluding hydrogens is 314 g/mol. The Bertz CT molecular complexity index is 1040. The van der Waals surface area contributed by atoms with Gasteiger partial charge in [0.1, 0.15) is 5.82 Å². The largest absolute Gasteiger partial charge is 0.392 e. The molecule has 0 aliphatic heterocycles. The number of benzene rings is 2. The van der Waals surface area contributed by atoms with Gasteiger partial charge in [0.2, 0.25) is 0 Å². The van der Waals surface area contributed by atoms with E-state index >= 15 is 0 Å². The second kappa shape index (κ2) is 6.26. The van der Waals surface area contributed by atoms with Crippen LogP contribution in [0.15, 0.2) is 60.8 Å². The van der Waals surface area contributed by atoms with E-state index in [-0.39, 0.29) is 6.61 Å². The third kappa shape index (κ3) is 3.02. The zero-order chi connectivity index (χ0) is 17.2. The van der Waals surface area contributed by atoms with Gasteiger partial charge in [-0.2, -0.15) is 5.10 Å². The van der Waals surface area contributed by atoms with Crippen LogP contribution in [0.5, 0.6) is 0 Å². The molecule has 0 aliphatic rings. The molecule has 0 saturated heterocycles. The maximum absolute atomic E-state index is 9.25. The van der Waals surface area contributed by atoms with Crippen molar-refractivity contribution in [3.05, 3.63) is 66.4 Å². The Morgan fingerprint density at radius 3 is 2.80 bits per heavy atom. The third-order valence-corrected chi connectivity index (χ3v) is 4.07. The number of nitrogens with zero attached hydrogens (tertiary/aromatic N) is 2. The summed E-state index contributed by atoms with van der Waals surface area (Å²) in [7, 11) is 0. The SMILES string of the molecule is Nc1n[nH]c2ccc(-c3ccnc(Nc4cccc(CO)c4)c3)cc12. The topological polar surface area (TPSA) is 99.9 Å². The second-order valence-electron chi connectivity index (χ2n) is 5.78. The number of pyridine rings is 1. The zero-order valence-corrected chi connectivity index (χ0v) is 13.4. The number of nitrogen functional groups attached to an aromatic ring is 1. The van der Waals surface area contributed by atoms with Crippen molar-refractivity contribution in [2.24, 2.45) is 0 Å². The number of aliphatic hydroxyl groups is 1. The maximum atomic E-state index is 9.25. The summed E-state index contributed by atoms with van der Waals surface area (Å²) in [6, 6.07) is 17.5. The van der Waals surface area contributed by atoms with E-state index in [2.05, 4.69) is 20.5 Å². The molecule has 2 heterocycles. The highest BCUT2D eigenvalue weighted by Gasteiger charge is 2.06. The molecular formula is C19H17N5O. The Balaban J connectivity index is 1.67. The van der Waals surface area contributed by atoms with E-state index in [0.717, 1.165) is 39.1 Å². The second-order valence-corrected chi connectivity index (χ2v) is 5.78. The summed E-state index contributed by atoms with van der Waals surface area (Å²) in [6.07, 6.45) is 1.76. The number of H-pyrrole nitrogens is 1. The molecule has 0 spiro atoms. The van der Waals surface area contributed by atoms with E-state index in [1.807, 2.05) is 54.6 Å². The summed E-state index contributed by atoms with van der Waals surface area (Å²) in [6.45, 7) is 0.00905. The van der Waals surface area contributed by atoms with E-state index in [0.29, 0.717) is 5.82 Å². The van der Waals surface area contributed by atoms with Gasteiger partial charge in [0.05, 0.1) is 12.1 Å². The van der Waals surface area contributed by atoms with E-state index in [4.69, 9.17) is 5.73 Å². The standard InChI is InChI=1S/C19H17N5O/c20-19-16-9-13(4-5-17(16)23-24-19)14-6-7-21-18(10-14)22-15-3-1-2-12(8-15)11-25/h1-10,25H,11H2,(H,21,22)(H3,20,23,24). The first-order chi connectivity index (χ1) is 12.2. The lowest BCUT2D eigenvalue weighted by Gasteiger charge is -2.09. The van der Waals surface area contributed by atoms with E-state index < -0.39 is 0 Å². The molecule has 4 aromatic rings. The van der Waals surface area contributed by atoms with Crippen molar-refractivity contribution in [2.45, 2.75) is 6.61 Å². The van der Waals surface area contributed by atoms with Crippen molar-refractivity contribution >= 4 is 28.2 Å². The average molecular weight is 331 g/mol. The highest BCUT2D eigenvalue weighted by atomic mass is 16.3. The fraction of sp³-hybridized carbons (Fsp3) is 0.0526. The molecule has 0 radical (unpaired) electrons. The van der Waals surface area contributed by atoms with Crippen LogP contribution in [0.3, 0.4) is 0 Å². The summed E-state index contributed by atoms with van der Waals surface area (Å²) in [4.78, 5) is 4.37. The van der Waals surface area contributed by atoms with Crippen LogP contribution in [0.25, 0.3) is 22.0 Å². The van der Waals surface area contributed by atoms with Crippen molar-refractivity contribution in [1.82, 2.24) is 15.2 Å². The fourth-order valence-corrected chi connectivity index (χ4v) is 2.79. The number of aliphatic hydroxyl groups excluding tert-OH is 1. The minimum atomic E-state index is 0.00905. The van der Waals surface area contributed by atoms with Crippen molar-refractivity contribution in [3.63, 3.8) is 0 Å². The minimum Gasteiger partial charge on any atom is -0.392 e. The Kier molecular flexibility index (Phi) is 3.80. The molecule has 0 bridgehead atoms. The van der Waals surface area contributed by atoms with Crippen LogP contribution < -0.4 is 11.1 Å². The molecule has 0 aliphatic carbocycles. The van der Waals surface area contributed by atoms with E-state index in [1.54, 1.807) is 6.20 Å². The van der Waals surface area contributed by atoms with Crippen molar-refractivity contribution in [1.29, 1.82) is 0 Å². The first kappa shape index (κ1) is 15.2. The summed E-state index contributed by atoms with van der Waals surface area (Å²) in [5, 5.41) is 20.3. The first-order valence-electron chi connectivity index (χ1n) is 7.90. The summed E-state index contributed by atoms with van der Waals surface area (Å²) < 4.78 is 0. The van der Waals surface area contributed by atoms with Gasteiger partial charge in [-0.25, -0.2) is 4.98 Å². The Labute approximate surface area is 144 Å². The lowest BCUT2D eigenvalue weighted by molar-refractivity contribution is 0.282. The Hall–Kier alpha value is -3.38. The fourth-order valence-electron chi connectivity index (χ4n) is 2.79. The zero-order valence-electron chi connectivity index (χ0n) is 13.4. The van der Waals surface area contributed by atoms with Crippen LogP contribution >= 0.6 is 0 Å². The number of nitrogens with one attached hydrogen (secondary N) is 2. The lowest BCUT2D eigenvalue weighted by atomic mass is 10.0. The van der Waals surface area contributed by atoms with Gasteiger partial charge in [-0.1, -0.05) is 18.2 Å². The lowest BCUT2D eigenvalue weighted by Crippen LogP contribution is -1.95. The van der Waals surface area contributed by atoms with Gasteiger partial charge in [-0.05, 0) is 53.1 Å². The smallest absolute Gasteiger partial charge is 0.153 e. The normalized spacial score (nSPS) is 10.9.